The topological polar surface area (TPSA) is 38.1 Å². The number of para-hydroxylation sites is 1. The van der Waals surface area contributed by atoms with Gasteiger partial charge in [-0.15, -0.1) is 12.4 Å². The minimum atomic E-state index is 0. The molecule has 0 spiro atoms. The third-order valence-electron chi connectivity index (χ3n) is 4.27. The molecule has 0 amide bonds. The molecule has 0 aliphatic carbocycles. The first kappa shape index (κ1) is 12.0. The summed E-state index contributed by atoms with van der Waals surface area (Å²) in [6, 6.07) is 9.61. The van der Waals surface area contributed by atoms with E-state index in [2.05, 4.69) is 22.6 Å². The summed E-state index contributed by atoms with van der Waals surface area (Å²) in [4.78, 5) is 0. The fourth-order valence-electron chi connectivity index (χ4n) is 3.48. The average molecular weight is 265 g/mol. The van der Waals surface area contributed by atoms with E-state index in [4.69, 9.17) is 4.52 Å². The van der Waals surface area contributed by atoms with E-state index in [9.17, 15) is 0 Å². The van der Waals surface area contributed by atoms with Crippen LogP contribution in [0.2, 0.25) is 0 Å². The van der Waals surface area contributed by atoms with Crippen molar-refractivity contribution in [1.29, 1.82) is 0 Å². The van der Waals surface area contributed by atoms with Gasteiger partial charge in [-0.1, -0.05) is 17.3 Å². The van der Waals surface area contributed by atoms with E-state index >= 15 is 0 Å². The number of piperidine rings is 1. The van der Waals surface area contributed by atoms with Crippen LogP contribution < -0.4 is 5.32 Å². The number of fused-ring (bicyclic) bond motifs is 3. The van der Waals surface area contributed by atoms with Crippen LogP contribution in [0.15, 0.2) is 28.8 Å². The van der Waals surface area contributed by atoms with E-state index in [0.29, 0.717) is 18.0 Å². The van der Waals surface area contributed by atoms with Gasteiger partial charge in [-0.05, 0) is 37.8 Å². The summed E-state index contributed by atoms with van der Waals surface area (Å²) in [7, 11) is 0. The Bertz CT molecular complexity index is 541. The van der Waals surface area contributed by atoms with Gasteiger partial charge in [-0.2, -0.15) is 0 Å². The number of nitrogens with zero attached hydrogens (tertiary/aromatic N) is 1. The fraction of sp³-hybridized carbons (Fsp3) is 0.500. The van der Waals surface area contributed by atoms with Gasteiger partial charge in [0.25, 0.3) is 0 Å². The van der Waals surface area contributed by atoms with Crippen molar-refractivity contribution in [3.8, 4) is 0 Å². The van der Waals surface area contributed by atoms with Crippen LogP contribution in [0.1, 0.15) is 37.3 Å². The SMILES string of the molecule is Cl.c1ccc2c(C3CC4CCC(C3)N4)noc2c1. The molecule has 2 unspecified atom stereocenters. The van der Waals surface area contributed by atoms with Crippen molar-refractivity contribution in [3.05, 3.63) is 30.0 Å². The lowest BCUT2D eigenvalue weighted by atomic mass is 9.88. The van der Waals surface area contributed by atoms with E-state index in [1.54, 1.807) is 0 Å². The molecule has 3 heterocycles. The van der Waals surface area contributed by atoms with Gasteiger partial charge in [0.05, 0.1) is 5.69 Å². The predicted octanol–water partition coefficient (Wildman–Crippen LogP) is 3.25. The Morgan fingerprint density at radius 3 is 2.61 bits per heavy atom. The molecular weight excluding hydrogens is 248 g/mol. The highest BCUT2D eigenvalue weighted by atomic mass is 35.5. The molecule has 4 rings (SSSR count). The predicted molar refractivity (Wildman–Crippen MR) is 73.2 cm³/mol. The molecule has 2 fully saturated rings. The van der Waals surface area contributed by atoms with Gasteiger partial charge >= 0.3 is 0 Å². The minimum Gasteiger partial charge on any atom is -0.356 e. The highest BCUT2D eigenvalue weighted by Gasteiger charge is 2.35. The van der Waals surface area contributed by atoms with Gasteiger partial charge < -0.3 is 9.84 Å². The summed E-state index contributed by atoms with van der Waals surface area (Å²) in [5, 5.41) is 9.19. The molecule has 1 N–H and O–H groups in total. The Balaban J connectivity index is 0.000001000. The Kier molecular flexibility index (Phi) is 3.04. The summed E-state index contributed by atoms with van der Waals surface area (Å²) in [6.45, 7) is 0. The van der Waals surface area contributed by atoms with Crippen molar-refractivity contribution in [2.45, 2.75) is 43.7 Å². The van der Waals surface area contributed by atoms with Gasteiger partial charge in [-0.25, -0.2) is 0 Å². The largest absolute Gasteiger partial charge is 0.356 e. The van der Waals surface area contributed by atoms with Crippen LogP contribution in [0.5, 0.6) is 0 Å². The van der Waals surface area contributed by atoms with E-state index in [1.165, 1.54) is 36.8 Å². The molecule has 18 heavy (non-hydrogen) atoms. The first-order valence-electron chi connectivity index (χ1n) is 6.50. The maximum absolute atomic E-state index is 5.42. The summed E-state index contributed by atoms with van der Waals surface area (Å²) in [5.41, 5.74) is 2.10. The lowest BCUT2D eigenvalue weighted by molar-refractivity contribution is 0.345. The van der Waals surface area contributed by atoms with Crippen LogP contribution in [0.3, 0.4) is 0 Å². The maximum atomic E-state index is 5.42. The third kappa shape index (κ3) is 1.82. The number of aromatic nitrogens is 1. The van der Waals surface area contributed by atoms with E-state index in [0.717, 1.165) is 5.58 Å². The summed E-state index contributed by atoms with van der Waals surface area (Å²) in [6.07, 6.45) is 5.09. The van der Waals surface area contributed by atoms with Gasteiger partial charge in [-0.3, -0.25) is 0 Å². The lowest BCUT2D eigenvalue weighted by Crippen LogP contribution is -2.37. The molecule has 2 saturated heterocycles. The summed E-state index contributed by atoms with van der Waals surface area (Å²) >= 11 is 0. The number of hydrogen-bond donors (Lipinski definition) is 1. The number of nitrogens with one attached hydrogen (secondary N) is 1. The molecule has 2 bridgehead atoms. The Morgan fingerprint density at radius 1 is 1.11 bits per heavy atom. The molecule has 3 nitrogen and oxygen atoms in total. The zero-order valence-corrected chi connectivity index (χ0v) is 11.0. The highest BCUT2D eigenvalue weighted by molar-refractivity contribution is 5.85. The van der Waals surface area contributed by atoms with Gasteiger partial charge in [0.1, 0.15) is 0 Å². The third-order valence-corrected chi connectivity index (χ3v) is 4.27. The van der Waals surface area contributed by atoms with Gasteiger partial charge in [0, 0.05) is 23.4 Å². The number of rotatable bonds is 1. The number of hydrogen-bond acceptors (Lipinski definition) is 3. The summed E-state index contributed by atoms with van der Waals surface area (Å²) in [5.74, 6) is 0.581. The molecule has 0 radical (unpaired) electrons. The zero-order chi connectivity index (χ0) is 11.2. The Hall–Kier alpha value is -1.06. The number of benzene rings is 1. The molecule has 4 heteroatoms. The quantitative estimate of drug-likeness (QED) is 0.859. The van der Waals surface area contributed by atoms with Crippen LogP contribution in [0, 0.1) is 0 Å². The monoisotopic (exact) mass is 264 g/mol. The standard InChI is InChI=1S/C14H16N2O.ClH/c1-2-4-13-12(3-1)14(16-17-13)9-7-10-5-6-11(8-9)15-10;/h1-4,9-11,15H,5-8H2;1H. The van der Waals surface area contributed by atoms with Crippen LogP contribution in [-0.2, 0) is 0 Å². The van der Waals surface area contributed by atoms with E-state index in [-0.39, 0.29) is 12.4 Å². The maximum Gasteiger partial charge on any atom is 0.167 e. The molecule has 1 aromatic heterocycles. The zero-order valence-electron chi connectivity index (χ0n) is 10.1. The molecular formula is C14H17ClN2O. The highest BCUT2D eigenvalue weighted by Crippen LogP contribution is 2.39. The molecule has 2 aromatic rings. The molecule has 0 saturated carbocycles. The molecule has 96 valence electrons. The molecule has 2 aliphatic heterocycles. The second kappa shape index (κ2) is 4.56. The lowest BCUT2D eigenvalue weighted by Gasteiger charge is -2.27. The number of halogens is 1. The molecule has 2 atom stereocenters. The van der Waals surface area contributed by atoms with Crippen LogP contribution in [-0.4, -0.2) is 17.2 Å². The Labute approximate surface area is 112 Å². The first-order valence-corrected chi connectivity index (χ1v) is 6.50. The van der Waals surface area contributed by atoms with Crippen molar-refractivity contribution < 1.29 is 4.52 Å². The summed E-state index contributed by atoms with van der Waals surface area (Å²) < 4.78 is 5.42. The first-order chi connectivity index (χ1) is 8.40. The normalized spacial score (nSPS) is 30.3. The molecule has 1 aromatic carbocycles. The smallest absolute Gasteiger partial charge is 0.167 e. The van der Waals surface area contributed by atoms with Crippen molar-refractivity contribution in [1.82, 2.24) is 10.5 Å². The van der Waals surface area contributed by atoms with Crippen molar-refractivity contribution in [3.63, 3.8) is 0 Å². The fourth-order valence-corrected chi connectivity index (χ4v) is 3.48. The van der Waals surface area contributed by atoms with E-state index < -0.39 is 0 Å². The van der Waals surface area contributed by atoms with Crippen LogP contribution >= 0.6 is 12.4 Å². The van der Waals surface area contributed by atoms with E-state index in [1.807, 2.05) is 12.1 Å². The van der Waals surface area contributed by atoms with Crippen LogP contribution in [0.25, 0.3) is 11.0 Å². The second-order valence-electron chi connectivity index (χ2n) is 5.37. The van der Waals surface area contributed by atoms with Crippen molar-refractivity contribution in [2.24, 2.45) is 0 Å². The molecule has 2 aliphatic rings. The Morgan fingerprint density at radius 2 is 1.83 bits per heavy atom. The van der Waals surface area contributed by atoms with Crippen molar-refractivity contribution in [2.75, 3.05) is 0 Å². The second-order valence-corrected chi connectivity index (χ2v) is 5.37. The van der Waals surface area contributed by atoms with Crippen LogP contribution in [0.4, 0.5) is 0 Å². The average Bonchev–Trinajstić information content (AvgIpc) is 2.93. The minimum absolute atomic E-state index is 0. The van der Waals surface area contributed by atoms with Gasteiger partial charge in [0.15, 0.2) is 5.58 Å². The van der Waals surface area contributed by atoms with Crippen molar-refractivity contribution >= 4 is 23.4 Å². The van der Waals surface area contributed by atoms with Gasteiger partial charge in [0.2, 0.25) is 0 Å².